The third-order valence-corrected chi connectivity index (χ3v) is 5.53. The molecule has 2 unspecified atom stereocenters. The van der Waals surface area contributed by atoms with Gasteiger partial charge in [-0.1, -0.05) is 0 Å². The molecule has 1 heterocycles. The first kappa shape index (κ1) is 18.8. The molecule has 0 amide bonds. The van der Waals surface area contributed by atoms with Crippen LogP contribution in [0.15, 0.2) is 23.2 Å². The van der Waals surface area contributed by atoms with Gasteiger partial charge in [-0.25, -0.2) is 13.0 Å². The van der Waals surface area contributed by atoms with Gasteiger partial charge < -0.3 is 10.1 Å². The maximum absolute atomic E-state index is 13.9. The summed E-state index contributed by atoms with van der Waals surface area (Å²) in [6.45, 7) is 0.0329. The van der Waals surface area contributed by atoms with E-state index in [1.807, 2.05) is 0 Å². The zero-order valence-electron chi connectivity index (χ0n) is 13.3. The van der Waals surface area contributed by atoms with Gasteiger partial charge in [0.1, 0.15) is 11.6 Å². The highest BCUT2D eigenvalue weighted by Crippen LogP contribution is 2.35. The van der Waals surface area contributed by atoms with Crippen molar-refractivity contribution in [2.45, 2.75) is 30.3 Å². The van der Waals surface area contributed by atoms with Crippen LogP contribution in [-0.4, -0.2) is 20.9 Å². The minimum Gasteiger partial charge on any atom is -0.396 e. The number of aromatic nitrogens is 1. The summed E-state index contributed by atoms with van der Waals surface area (Å²) in [4.78, 5) is 3.28. The summed E-state index contributed by atoms with van der Waals surface area (Å²) in [5, 5.41) is 9.22. The Balaban J connectivity index is 1.84. The summed E-state index contributed by atoms with van der Waals surface area (Å²) < 4.78 is 80.0. The molecule has 0 bridgehead atoms. The molecule has 0 aliphatic heterocycles. The lowest BCUT2D eigenvalue weighted by atomic mass is 9.89. The number of hydrogen-bond acceptors (Lipinski definition) is 2. The maximum atomic E-state index is 13.9. The van der Waals surface area contributed by atoms with E-state index < -0.39 is 40.0 Å². The molecule has 0 saturated carbocycles. The highest BCUT2D eigenvalue weighted by atomic mass is 32.2. The predicted octanol–water partition coefficient (Wildman–Crippen LogP) is 3.54. The van der Waals surface area contributed by atoms with Crippen molar-refractivity contribution in [1.82, 2.24) is 4.98 Å². The van der Waals surface area contributed by atoms with Gasteiger partial charge in [0.05, 0.1) is 16.1 Å². The molecule has 0 saturated heterocycles. The fourth-order valence-corrected chi connectivity index (χ4v) is 4.07. The van der Waals surface area contributed by atoms with Gasteiger partial charge >= 0.3 is 6.18 Å². The van der Waals surface area contributed by atoms with Crippen LogP contribution in [0.2, 0.25) is 0 Å². The summed E-state index contributed by atoms with van der Waals surface area (Å²) in [5.41, 5.74) is -0.777. The average molecular weight is 394 g/mol. The molecule has 142 valence electrons. The van der Waals surface area contributed by atoms with E-state index >= 15 is 0 Å². The van der Waals surface area contributed by atoms with Crippen LogP contribution in [0.25, 0.3) is 0 Å². The van der Waals surface area contributed by atoms with Crippen molar-refractivity contribution in [3.63, 3.8) is 0 Å². The fourth-order valence-electron chi connectivity index (χ4n) is 2.99. The Labute approximate surface area is 148 Å². The number of benzene rings is 1. The zero-order chi connectivity index (χ0) is 19.1. The molecule has 3 N–H and O–H groups in total. The number of nitrogens with one attached hydrogen (secondary N) is 2. The van der Waals surface area contributed by atoms with Gasteiger partial charge in [0.25, 0.3) is 0 Å². The first-order valence-corrected chi connectivity index (χ1v) is 8.90. The lowest BCUT2D eigenvalue weighted by molar-refractivity contribution is -0.140. The first-order chi connectivity index (χ1) is 12.2. The van der Waals surface area contributed by atoms with E-state index in [1.54, 1.807) is 0 Å². The van der Waals surface area contributed by atoms with Crippen LogP contribution in [0, 0.1) is 17.6 Å². The fraction of sp³-hybridized carbons (Fsp3) is 0.375. The number of hydrogen-bond donors (Lipinski definition) is 3. The van der Waals surface area contributed by atoms with Crippen LogP contribution in [0.4, 0.5) is 27.6 Å². The van der Waals surface area contributed by atoms with Crippen LogP contribution in [-0.2, 0) is 30.0 Å². The van der Waals surface area contributed by atoms with Gasteiger partial charge in [0.2, 0.25) is 0 Å². The second kappa shape index (κ2) is 6.99. The molecule has 3 rings (SSSR count). The van der Waals surface area contributed by atoms with Gasteiger partial charge in [0.15, 0.2) is 11.0 Å². The molecule has 1 aromatic carbocycles. The Morgan fingerprint density at radius 2 is 2.00 bits per heavy atom. The molecular weight excluding hydrogens is 379 g/mol. The van der Waals surface area contributed by atoms with Crippen molar-refractivity contribution in [3.05, 3.63) is 46.8 Å². The van der Waals surface area contributed by atoms with Crippen molar-refractivity contribution in [2.24, 2.45) is 5.92 Å². The van der Waals surface area contributed by atoms with Crippen molar-refractivity contribution < 1.29 is 31.3 Å². The van der Waals surface area contributed by atoms with Gasteiger partial charge in [-0.2, -0.15) is 13.2 Å². The summed E-state index contributed by atoms with van der Waals surface area (Å²) in [6, 6.07) is 0.379. The van der Waals surface area contributed by atoms with E-state index in [-0.39, 0.29) is 18.6 Å². The predicted molar refractivity (Wildman–Crippen MR) is 84.8 cm³/mol. The maximum Gasteiger partial charge on any atom is 0.419 e. The van der Waals surface area contributed by atoms with Gasteiger partial charge in [-0.15, -0.1) is 0 Å². The smallest absolute Gasteiger partial charge is 0.396 e. The topological polar surface area (TPSA) is 65.1 Å². The Hall–Kier alpha value is -1.94. The zero-order valence-corrected chi connectivity index (χ0v) is 14.1. The van der Waals surface area contributed by atoms with Crippen molar-refractivity contribution in [3.8, 4) is 0 Å². The van der Waals surface area contributed by atoms with Crippen molar-refractivity contribution >= 4 is 16.7 Å². The van der Waals surface area contributed by atoms with Gasteiger partial charge in [-0.05, 0) is 36.8 Å². The Bertz CT molecular complexity index is 850. The van der Waals surface area contributed by atoms with Crippen LogP contribution in [0.3, 0.4) is 0 Å². The molecule has 0 radical (unpaired) electrons. The van der Waals surface area contributed by atoms with Crippen LogP contribution >= 0.6 is 0 Å². The van der Waals surface area contributed by atoms with E-state index in [0.717, 1.165) is 11.3 Å². The van der Waals surface area contributed by atoms with Crippen LogP contribution < -0.4 is 4.72 Å². The van der Waals surface area contributed by atoms with E-state index in [2.05, 4.69) is 9.71 Å². The lowest BCUT2D eigenvalue weighted by Gasteiger charge is -2.20. The molecule has 4 nitrogen and oxygen atoms in total. The minimum absolute atomic E-state index is 0.0329. The lowest BCUT2D eigenvalue weighted by Crippen LogP contribution is -2.18. The Kier molecular flexibility index (Phi) is 5.07. The third kappa shape index (κ3) is 3.61. The molecule has 1 aliphatic carbocycles. The second-order valence-electron chi connectivity index (χ2n) is 6.08. The molecule has 2 atom stereocenters. The first-order valence-electron chi connectivity index (χ1n) is 7.75. The number of halogens is 5. The molecule has 26 heavy (non-hydrogen) atoms. The third-order valence-electron chi connectivity index (χ3n) is 4.36. The number of rotatable bonds is 4. The van der Waals surface area contributed by atoms with Crippen LogP contribution in [0.1, 0.15) is 23.2 Å². The summed E-state index contributed by atoms with van der Waals surface area (Å²) in [7, 11) is -1.98. The number of aromatic amines is 1. The molecule has 0 spiro atoms. The molecular formula is C16H15F5N2O2S. The highest BCUT2D eigenvalue weighted by molar-refractivity contribution is 7.86. The summed E-state index contributed by atoms with van der Waals surface area (Å²) in [5.74, 6) is -2.91. The van der Waals surface area contributed by atoms with Crippen molar-refractivity contribution in [1.29, 1.82) is 0 Å². The molecule has 1 aromatic heterocycles. The number of aliphatic hydroxyl groups is 1. The number of aliphatic hydroxyl groups excluding tert-OH is 1. The SMILES string of the molecule is O=S(Nc1cc(F)c(C(F)(F)F)cc1F)c1c[nH]c2c1CCC(CO)C2. The molecule has 2 aromatic rings. The minimum atomic E-state index is -5.02. The normalized spacial score (nSPS) is 18.5. The molecule has 0 fully saturated rings. The van der Waals surface area contributed by atoms with E-state index in [0.29, 0.717) is 30.2 Å². The average Bonchev–Trinajstić information content (AvgIpc) is 2.99. The van der Waals surface area contributed by atoms with E-state index in [4.69, 9.17) is 0 Å². The summed E-state index contributed by atoms with van der Waals surface area (Å²) >= 11 is 0. The highest BCUT2D eigenvalue weighted by Gasteiger charge is 2.35. The Morgan fingerprint density at radius 1 is 1.27 bits per heavy atom. The molecule has 10 heteroatoms. The van der Waals surface area contributed by atoms with Gasteiger partial charge in [-0.3, -0.25) is 4.72 Å². The summed E-state index contributed by atoms with van der Waals surface area (Å²) in [6.07, 6.45) is -1.74. The van der Waals surface area contributed by atoms with E-state index in [1.165, 1.54) is 6.20 Å². The van der Waals surface area contributed by atoms with Crippen LogP contribution in [0.5, 0.6) is 0 Å². The standard InChI is InChI=1S/C16H15F5N2O2S/c17-11-5-14(12(18)4-10(11)16(19,20)21)23-26(25)15-6-22-13-3-8(7-24)1-2-9(13)15/h4-6,8,22-24H,1-3,7H2. The second-order valence-corrected chi connectivity index (χ2v) is 7.26. The number of H-pyrrole nitrogens is 1. The number of alkyl halides is 3. The largest absolute Gasteiger partial charge is 0.419 e. The monoisotopic (exact) mass is 394 g/mol. The van der Waals surface area contributed by atoms with E-state index in [9.17, 15) is 31.3 Å². The number of anilines is 1. The Morgan fingerprint density at radius 3 is 2.65 bits per heavy atom. The molecule has 1 aliphatic rings. The number of fused-ring (bicyclic) bond motifs is 1. The van der Waals surface area contributed by atoms with Crippen molar-refractivity contribution in [2.75, 3.05) is 11.3 Å². The quantitative estimate of drug-likeness (QED) is 0.695. The van der Waals surface area contributed by atoms with Gasteiger partial charge in [0, 0.05) is 24.6 Å².